The number of ether oxygens (including phenoxy) is 2. The number of rotatable bonds is 5. The van der Waals surface area contributed by atoms with Gasteiger partial charge in [-0.1, -0.05) is 6.07 Å². The molecule has 0 bridgehead atoms. The topological polar surface area (TPSA) is 85.2 Å². The monoisotopic (exact) mass is 556 g/mol. The first-order chi connectivity index (χ1) is 18.8. The van der Waals surface area contributed by atoms with Gasteiger partial charge in [0.1, 0.15) is 23.2 Å². The van der Waals surface area contributed by atoms with Gasteiger partial charge in [0.05, 0.1) is 37.1 Å². The number of benzene rings is 1. The Balaban J connectivity index is 1.18. The van der Waals surface area contributed by atoms with Crippen LogP contribution in [0.15, 0.2) is 54.2 Å². The fourth-order valence-electron chi connectivity index (χ4n) is 4.86. The number of fused-ring (bicyclic) bond motifs is 2. The number of anilines is 1. The Morgan fingerprint density at radius 1 is 1.21 bits per heavy atom. The van der Waals surface area contributed by atoms with E-state index < -0.39 is 23.8 Å². The molecule has 0 spiro atoms. The van der Waals surface area contributed by atoms with E-state index in [1.807, 2.05) is 18.2 Å². The van der Waals surface area contributed by atoms with Crippen molar-refractivity contribution in [3.63, 3.8) is 0 Å². The molecule has 0 radical (unpaired) electrons. The summed E-state index contributed by atoms with van der Waals surface area (Å²) in [4.78, 5) is 33.1. The first-order valence-corrected chi connectivity index (χ1v) is 13.2. The number of halogens is 3. The molecule has 202 valence electrons. The SMILES string of the molecule is O=C(Nc1ccc(OC2CCOC2)c(C(F)(F)F)c1)c1csc2c1CCN(C(=O)c1cnc3ccccn13)C2. The predicted octanol–water partition coefficient (Wildman–Crippen LogP) is 5.03. The standard InChI is InChI=1S/C27H23F3N4O4S/c28-27(29,30)20-11-16(4-5-22(20)38-17-7-10-37-14-17)32-25(35)19-15-39-23-13-33(9-6-18(19)23)26(36)21-12-31-24-3-1-2-8-34(21)24/h1-5,8,11-12,15,17H,6-7,9-10,13-14H2,(H,32,35). The zero-order valence-electron chi connectivity index (χ0n) is 20.5. The fraction of sp³-hybridized carbons (Fsp3) is 0.296. The lowest BCUT2D eigenvalue weighted by atomic mass is 10.0. The number of pyridine rings is 1. The first-order valence-electron chi connectivity index (χ1n) is 12.4. The highest BCUT2D eigenvalue weighted by Crippen LogP contribution is 2.39. The third-order valence-electron chi connectivity index (χ3n) is 6.84. The number of aromatic nitrogens is 2. The number of hydrogen-bond acceptors (Lipinski definition) is 6. The number of carbonyl (C=O) groups is 2. The van der Waals surface area contributed by atoms with E-state index in [9.17, 15) is 22.8 Å². The molecule has 1 fully saturated rings. The molecular weight excluding hydrogens is 533 g/mol. The van der Waals surface area contributed by atoms with Crippen LogP contribution in [0, 0.1) is 0 Å². The molecule has 1 aromatic carbocycles. The molecule has 1 N–H and O–H groups in total. The van der Waals surface area contributed by atoms with Crippen molar-refractivity contribution < 1.29 is 32.2 Å². The van der Waals surface area contributed by atoms with E-state index in [-0.39, 0.29) is 24.0 Å². The number of alkyl halides is 3. The number of thiophene rings is 1. The Morgan fingerprint density at radius 2 is 2.08 bits per heavy atom. The van der Waals surface area contributed by atoms with Crippen molar-refractivity contribution >= 4 is 34.5 Å². The minimum absolute atomic E-state index is 0.0162. The van der Waals surface area contributed by atoms with Crippen LogP contribution in [0.25, 0.3) is 5.65 Å². The van der Waals surface area contributed by atoms with Gasteiger partial charge in [0.25, 0.3) is 11.8 Å². The number of nitrogens with one attached hydrogen (secondary N) is 1. The summed E-state index contributed by atoms with van der Waals surface area (Å²) in [5.41, 5.74) is 1.39. The van der Waals surface area contributed by atoms with Gasteiger partial charge in [-0.25, -0.2) is 4.98 Å². The van der Waals surface area contributed by atoms with Gasteiger partial charge in [-0.05, 0) is 42.3 Å². The molecule has 1 atom stereocenters. The highest BCUT2D eigenvalue weighted by Gasteiger charge is 2.36. The van der Waals surface area contributed by atoms with Gasteiger partial charge in [0, 0.05) is 35.1 Å². The summed E-state index contributed by atoms with van der Waals surface area (Å²) in [6.07, 6.45) is -0.802. The van der Waals surface area contributed by atoms with E-state index in [1.54, 1.807) is 27.1 Å². The van der Waals surface area contributed by atoms with E-state index in [1.165, 1.54) is 23.5 Å². The molecule has 0 saturated carbocycles. The Labute approximate surface area is 225 Å². The van der Waals surface area contributed by atoms with Crippen LogP contribution in [0.5, 0.6) is 5.75 Å². The summed E-state index contributed by atoms with van der Waals surface area (Å²) < 4.78 is 53.8. The van der Waals surface area contributed by atoms with Crippen molar-refractivity contribution in [3.8, 4) is 5.75 Å². The lowest BCUT2D eigenvalue weighted by molar-refractivity contribution is -0.139. The molecule has 8 nitrogen and oxygen atoms in total. The summed E-state index contributed by atoms with van der Waals surface area (Å²) in [5, 5.41) is 4.28. The normalized spacial score (nSPS) is 17.3. The fourth-order valence-corrected chi connectivity index (χ4v) is 5.96. The van der Waals surface area contributed by atoms with Crippen LogP contribution in [-0.2, 0) is 23.9 Å². The van der Waals surface area contributed by atoms with Crippen molar-refractivity contribution in [2.24, 2.45) is 0 Å². The molecule has 2 aliphatic rings. The van der Waals surface area contributed by atoms with E-state index in [4.69, 9.17) is 9.47 Å². The first kappa shape index (κ1) is 25.4. The van der Waals surface area contributed by atoms with Crippen LogP contribution < -0.4 is 10.1 Å². The average molecular weight is 557 g/mol. The number of hydrogen-bond donors (Lipinski definition) is 1. The molecule has 4 aromatic rings. The summed E-state index contributed by atoms with van der Waals surface area (Å²) in [6.45, 7) is 1.41. The number of nitrogens with zero attached hydrogens (tertiary/aromatic N) is 3. The number of imidazole rings is 1. The molecule has 1 unspecified atom stereocenters. The average Bonchev–Trinajstić information content (AvgIpc) is 3.68. The van der Waals surface area contributed by atoms with Gasteiger partial charge in [0.15, 0.2) is 0 Å². The molecule has 1 saturated heterocycles. The van der Waals surface area contributed by atoms with Gasteiger partial charge in [-0.15, -0.1) is 11.3 Å². The van der Waals surface area contributed by atoms with Crippen molar-refractivity contribution in [1.29, 1.82) is 0 Å². The minimum atomic E-state index is -4.66. The molecular formula is C27H23F3N4O4S. The van der Waals surface area contributed by atoms with Crippen LogP contribution in [0.1, 0.15) is 43.3 Å². The number of carbonyl (C=O) groups excluding carboxylic acids is 2. The van der Waals surface area contributed by atoms with Crippen LogP contribution in [0.4, 0.5) is 18.9 Å². The highest BCUT2D eigenvalue weighted by molar-refractivity contribution is 7.10. The van der Waals surface area contributed by atoms with Crippen LogP contribution in [0.2, 0.25) is 0 Å². The molecule has 3 aromatic heterocycles. The third-order valence-corrected chi connectivity index (χ3v) is 7.85. The molecule has 2 amide bonds. The lowest BCUT2D eigenvalue weighted by Gasteiger charge is -2.27. The van der Waals surface area contributed by atoms with E-state index in [2.05, 4.69) is 10.3 Å². The molecule has 5 heterocycles. The quantitative estimate of drug-likeness (QED) is 0.373. The molecule has 39 heavy (non-hydrogen) atoms. The maximum absolute atomic E-state index is 13.8. The van der Waals surface area contributed by atoms with Gasteiger partial charge >= 0.3 is 6.18 Å². The van der Waals surface area contributed by atoms with Crippen LogP contribution in [0.3, 0.4) is 0 Å². The summed E-state index contributed by atoms with van der Waals surface area (Å²) in [6, 6.07) is 9.00. The van der Waals surface area contributed by atoms with Gasteiger partial charge < -0.3 is 19.7 Å². The lowest BCUT2D eigenvalue weighted by Crippen LogP contribution is -2.36. The van der Waals surface area contributed by atoms with Crippen molar-refractivity contribution in [1.82, 2.24) is 14.3 Å². The van der Waals surface area contributed by atoms with Crippen molar-refractivity contribution in [3.05, 3.63) is 81.4 Å². The molecule has 0 aliphatic carbocycles. The zero-order valence-corrected chi connectivity index (χ0v) is 21.3. The smallest absolute Gasteiger partial charge is 0.420 e. The largest absolute Gasteiger partial charge is 0.487 e. The van der Waals surface area contributed by atoms with Crippen LogP contribution in [-0.4, -0.2) is 52.0 Å². The van der Waals surface area contributed by atoms with Gasteiger partial charge in [-0.3, -0.25) is 14.0 Å². The Hall–Kier alpha value is -3.90. The number of amides is 2. The predicted molar refractivity (Wildman–Crippen MR) is 137 cm³/mol. The van der Waals surface area contributed by atoms with Crippen LogP contribution >= 0.6 is 11.3 Å². The molecule has 2 aliphatic heterocycles. The van der Waals surface area contributed by atoms with E-state index >= 15 is 0 Å². The Bertz CT molecular complexity index is 1560. The summed E-state index contributed by atoms with van der Waals surface area (Å²) in [5.74, 6) is -0.954. The maximum atomic E-state index is 13.8. The molecule has 12 heteroatoms. The van der Waals surface area contributed by atoms with E-state index in [0.29, 0.717) is 49.4 Å². The summed E-state index contributed by atoms with van der Waals surface area (Å²) >= 11 is 1.35. The minimum Gasteiger partial charge on any atom is -0.487 e. The second-order valence-corrected chi connectivity index (χ2v) is 10.3. The maximum Gasteiger partial charge on any atom is 0.420 e. The Kier molecular flexibility index (Phi) is 6.51. The Morgan fingerprint density at radius 3 is 2.87 bits per heavy atom. The second kappa shape index (κ2) is 10.0. The summed E-state index contributed by atoms with van der Waals surface area (Å²) in [7, 11) is 0. The van der Waals surface area contributed by atoms with Gasteiger partial charge in [-0.2, -0.15) is 13.2 Å². The molecule has 6 rings (SSSR count). The van der Waals surface area contributed by atoms with Gasteiger partial charge in [0.2, 0.25) is 0 Å². The van der Waals surface area contributed by atoms with E-state index in [0.717, 1.165) is 16.5 Å². The zero-order chi connectivity index (χ0) is 27.1. The highest BCUT2D eigenvalue weighted by atomic mass is 32.1. The second-order valence-electron chi connectivity index (χ2n) is 9.37. The van der Waals surface area contributed by atoms with Crippen molar-refractivity contribution in [2.45, 2.75) is 31.7 Å². The third kappa shape index (κ3) is 4.97. The van der Waals surface area contributed by atoms with Crippen molar-refractivity contribution in [2.75, 3.05) is 25.1 Å².